The number of aromatic nitrogens is 2. The first-order valence-electron chi connectivity index (χ1n) is 6.70. The lowest BCUT2D eigenvalue weighted by Gasteiger charge is -2.39. The summed E-state index contributed by atoms with van der Waals surface area (Å²) in [6, 6.07) is 0.575. The van der Waals surface area contributed by atoms with Crippen LogP contribution in [0, 0.1) is 12.3 Å². The summed E-state index contributed by atoms with van der Waals surface area (Å²) in [6.45, 7) is 6.71. The number of nitrogens with two attached hydrogens (primary N) is 1. The van der Waals surface area contributed by atoms with Crippen molar-refractivity contribution in [2.45, 2.75) is 52.5 Å². The Kier molecular flexibility index (Phi) is 3.46. The maximum Gasteiger partial charge on any atom is 0.137 e. The third-order valence-electron chi connectivity index (χ3n) is 4.29. The fourth-order valence-electron chi connectivity index (χ4n) is 2.75. The van der Waals surface area contributed by atoms with E-state index in [-0.39, 0.29) is 0 Å². The molecule has 0 bridgehead atoms. The molecule has 4 nitrogen and oxygen atoms in total. The second-order valence-electron chi connectivity index (χ2n) is 6.21. The van der Waals surface area contributed by atoms with Gasteiger partial charge in [0.1, 0.15) is 18.0 Å². The predicted molar refractivity (Wildman–Crippen MR) is 75.6 cm³/mol. The number of nitrogen functional groups attached to an aromatic ring is 1. The number of anilines is 2. The minimum Gasteiger partial charge on any atom is -0.383 e. The van der Waals surface area contributed by atoms with Gasteiger partial charge in [-0.2, -0.15) is 0 Å². The van der Waals surface area contributed by atoms with Gasteiger partial charge in [-0.1, -0.05) is 13.8 Å². The van der Waals surface area contributed by atoms with Crippen LogP contribution in [0.1, 0.15) is 45.1 Å². The van der Waals surface area contributed by atoms with E-state index in [2.05, 4.69) is 35.8 Å². The second-order valence-corrected chi connectivity index (χ2v) is 6.21. The summed E-state index contributed by atoms with van der Waals surface area (Å²) >= 11 is 0. The summed E-state index contributed by atoms with van der Waals surface area (Å²) in [5, 5.41) is 0. The Morgan fingerprint density at radius 1 is 1.28 bits per heavy atom. The fourth-order valence-corrected chi connectivity index (χ4v) is 2.75. The molecule has 0 amide bonds. The molecule has 1 aliphatic carbocycles. The Morgan fingerprint density at radius 2 is 1.89 bits per heavy atom. The zero-order valence-corrected chi connectivity index (χ0v) is 11.9. The zero-order valence-electron chi connectivity index (χ0n) is 11.9. The standard InChI is InChI=1S/C14H24N4/c1-10-12(15)16-9-17-13(10)18(4)11-5-7-14(2,3)8-6-11/h9,11H,5-8H2,1-4H3,(H2,15,16,17). The van der Waals surface area contributed by atoms with Gasteiger partial charge in [0.25, 0.3) is 0 Å². The highest BCUT2D eigenvalue weighted by atomic mass is 15.2. The van der Waals surface area contributed by atoms with Crippen LogP contribution in [0.2, 0.25) is 0 Å². The molecule has 18 heavy (non-hydrogen) atoms. The summed E-state index contributed by atoms with van der Waals surface area (Å²) in [6.07, 6.45) is 6.57. The van der Waals surface area contributed by atoms with E-state index in [9.17, 15) is 0 Å². The summed E-state index contributed by atoms with van der Waals surface area (Å²) in [7, 11) is 2.12. The van der Waals surface area contributed by atoms with Crippen LogP contribution in [0.3, 0.4) is 0 Å². The smallest absolute Gasteiger partial charge is 0.137 e. The van der Waals surface area contributed by atoms with Gasteiger partial charge in [0.2, 0.25) is 0 Å². The van der Waals surface area contributed by atoms with Gasteiger partial charge in [0.05, 0.1) is 0 Å². The van der Waals surface area contributed by atoms with Crippen molar-refractivity contribution in [3.63, 3.8) is 0 Å². The Hall–Kier alpha value is -1.32. The van der Waals surface area contributed by atoms with Crippen LogP contribution in [0.15, 0.2) is 6.33 Å². The van der Waals surface area contributed by atoms with Crippen LogP contribution in [0.4, 0.5) is 11.6 Å². The van der Waals surface area contributed by atoms with Crippen LogP contribution in [0.5, 0.6) is 0 Å². The van der Waals surface area contributed by atoms with Gasteiger partial charge in [0.15, 0.2) is 0 Å². The Balaban J connectivity index is 2.12. The Bertz CT molecular complexity index is 418. The normalized spacial score (nSPS) is 19.8. The molecule has 1 aliphatic rings. The highest BCUT2D eigenvalue weighted by molar-refractivity contribution is 5.55. The van der Waals surface area contributed by atoms with Crippen molar-refractivity contribution < 1.29 is 0 Å². The number of hydrogen-bond donors (Lipinski definition) is 1. The molecule has 1 aromatic rings. The van der Waals surface area contributed by atoms with Crippen molar-refractivity contribution in [3.05, 3.63) is 11.9 Å². The molecule has 1 aromatic heterocycles. The molecule has 0 spiro atoms. The second kappa shape index (κ2) is 4.75. The quantitative estimate of drug-likeness (QED) is 0.874. The highest BCUT2D eigenvalue weighted by Gasteiger charge is 2.29. The van der Waals surface area contributed by atoms with E-state index in [1.807, 2.05) is 6.92 Å². The van der Waals surface area contributed by atoms with E-state index in [4.69, 9.17) is 5.73 Å². The molecule has 100 valence electrons. The molecule has 0 atom stereocenters. The monoisotopic (exact) mass is 248 g/mol. The SMILES string of the molecule is Cc1c(N)ncnc1N(C)C1CCC(C)(C)CC1. The Labute approximate surface area is 110 Å². The van der Waals surface area contributed by atoms with Gasteiger partial charge in [-0.15, -0.1) is 0 Å². The molecule has 1 heterocycles. The van der Waals surface area contributed by atoms with E-state index in [1.165, 1.54) is 25.7 Å². The lowest BCUT2D eigenvalue weighted by molar-refractivity contribution is 0.222. The van der Waals surface area contributed by atoms with Gasteiger partial charge in [-0.25, -0.2) is 9.97 Å². The van der Waals surface area contributed by atoms with Crippen molar-refractivity contribution >= 4 is 11.6 Å². The molecular formula is C14H24N4. The topological polar surface area (TPSA) is 55.0 Å². The fraction of sp³-hybridized carbons (Fsp3) is 0.714. The van der Waals surface area contributed by atoms with E-state index < -0.39 is 0 Å². The van der Waals surface area contributed by atoms with E-state index in [0.29, 0.717) is 17.3 Å². The third kappa shape index (κ3) is 2.57. The average molecular weight is 248 g/mol. The maximum atomic E-state index is 5.85. The molecule has 0 saturated heterocycles. The number of nitrogens with zero attached hydrogens (tertiary/aromatic N) is 3. The first kappa shape index (κ1) is 13.1. The summed E-state index contributed by atoms with van der Waals surface area (Å²) in [5.41, 5.74) is 7.34. The van der Waals surface area contributed by atoms with Crippen molar-refractivity contribution in [2.75, 3.05) is 17.7 Å². The zero-order chi connectivity index (χ0) is 13.3. The Morgan fingerprint density at radius 3 is 2.50 bits per heavy atom. The number of hydrogen-bond acceptors (Lipinski definition) is 4. The molecule has 4 heteroatoms. The third-order valence-corrected chi connectivity index (χ3v) is 4.29. The lowest BCUT2D eigenvalue weighted by atomic mass is 9.75. The molecule has 2 N–H and O–H groups in total. The van der Waals surface area contributed by atoms with Gasteiger partial charge in [-0.05, 0) is 38.0 Å². The molecule has 0 aromatic carbocycles. The molecule has 2 rings (SSSR count). The van der Waals surface area contributed by atoms with Crippen LogP contribution in [-0.2, 0) is 0 Å². The van der Waals surface area contributed by atoms with Gasteiger partial charge in [0, 0.05) is 18.7 Å². The predicted octanol–water partition coefficient (Wildman–Crippen LogP) is 2.77. The van der Waals surface area contributed by atoms with Crippen molar-refractivity contribution in [1.82, 2.24) is 9.97 Å². The first-order chi connectivity index (χ1) is 8.41. The van der Waals surface area contributed by atoms with Crippen LogP contribution in [-0.4, -0.2) is 23.1 Å². The lowest BCUT2D eigenvalue weighted by Crippen LogP contribution is -2.38. The van der Waals surface area contributed by atoms with E-state index in [0.717, 1.165) is 11.4 Å². The summed E-state index contributed by atoms with van der Waals surface area (Å²) < 4.78 is 0. The summed E-state index contributed by atoms with van der Waals surface area (Å²) in [5.74, 6) is 1.56. The van der Waals surface area contributed by atoms with Gasteiger partial charge in [-0.3, -0.25) is 0 Å². The molecule has 1 fully saturated rings. The molecule has 0 unspecified atom stereocenters. The minimum absolute atomic E-state index is 0.497. The molecule has 0 aliphatic heterocycles. The van der Waals surface area contributed by atoms with Crippen LogP contribution >= 0.6 is 0 Å². The average Bonchev–Trinajstić information content (AvgIpc) is 2.32. The molecule has 1 saturated carbocycles. The van der Waals surface area contributed by atoms with Crippen LogP contribution in [0.25, 0.3) is 0 Å². The van der Waals surface area contributed by atoms with Crippen molar-refractivity contribution in [3.8, 4) is 0 Å². The van der Waals surface area contributed by atoms with Crippen molar-refractivity contribution in [1.29, 1.82) is 0 Å². The van der Waals surface area contributed by atoms with E-state index >= 15 is 0 Å². The summed E-state index contributed by atoms with van der Waals surface area (Å²) in [4.78, 5) is 10.7. The van der Waals surface area contributed by atoms with E-state index in [1.54, 1.807) is 6.33 Å². The largest absolute Gasteiger partial charge is 0.383 e. The minimum atomic E-state index is 0.497. The molecular weight excluding hydrogens is 224 g/mol. The number of rotatable bonds is 2. The van der Waals surface area contributed by atoms with Gasteiger partial charge >= 0.3 is 0 Å². The highest BCUT2D eigenvalue weighted by Crippen LogP contribution is 2.37. The van der Waals surface area contributed by atoms with Crippen molar-refractivity contribution in [2.24, 2.45) is 5.41 Å². The first-order valence-corrected chi connectivity index (χ1v) is 6.70. The van der Waals surface area contributed by atoms with Crippen LogP contribution < -0.4 is 10.6 Å². The maximum absolute atomic E-state index is 5.85. The molecule has 0 radical (unpaired) electrons. The van der Waals surface area contributed by atoms with Gasteiger partial charge < -0.3 is 10.6 Å².